The van der Waals surface area contributed by atoms with Crippen molar-refractivity contribution in [1.29, 1.82) is 0 Å². The molecule has 1 saturated heterocycles. The van der Waals surface area contributed by atoms with Gasteiger partial charge in [0, 0.05) is 25.0 Å². The summed E-state index contributed by atoms with van der Waals surface area (Å²) in [7, 11) is 0. The van der Waals surface area contributed by atoms with Gasteiger partial charge in [0.25, 0.3) is 0 Å². The van der Waals surface area contributed by atoms with Gasteiger partial charge in [-0.15, -0.1) is 0 Å². The maximum atomic E-state index is 5.70. The summed E-state index contributed by atoms with van der Waals surface area (Å²) < 4.78 is 0. The van der Waals surface area contributed by atoms with Crippen molar-refractivity contribution in [3.63, 3.8) is 0 Å². The van der Waals surface area contributed by atoms with Crippen LogP contribution in [-0.4, -0.2) is 29.6 Å². The molecular formula is C12H18N4. The van der Waals surface area contributed by atoms with Gasteiger partial charge in [0.2, 0.25) is 5.95 Å². The maximum absolute atomic E-state index is 5.70. The molecule has 0 bridgehead atoms. The smallest absolute Gasteiger partial charge is 0.225 e. The molecule has 2 aliphatic rings. The predicted octanol–water partition coefficient (Wildman–Crippen LogP) is 0.750. The van der Waals surface area contributed by atoms with Crippen LogP contribution >= 0.6 is 0 Å². The molecule has 0 radical (unpaired) electrons. The van der Waals surface area contributed by atoms with Crippen LogP contribution < -0.4 is 10.6 Å². The second-order valence-electron chi connectivity index (χ2n) is 4.83. The first kappa shape index (κ1) is 10.0. The monoisotopic (exact) mass is 218 g/mol. The molecular weight excluding hydrogens is 200 g/mol. The number of rotatable bonds is 2. The van der Waals surface area contributed by atoms with Crippen LogP contribution in [0.15, 0.2) is 6.20 Å². The van der Waals surface area contributed by atoms with Crippen LogP contribution in [0.3, 0.4) is 0 Å². The number of aromatic nitrogens is 2. The lowest BCUT2D eigenvalue weighted by Gasteiger charge is -2.16. The quantitative estimate of drug-likeness (QED) is 0.796. The largest absolute Gasteiger partial charge is 0.340 e. The Hall–Kier alpha value is -1.16. The summed E-state index contributed by atoms with van der Waals surface area (Å²) in [6.07, 6.45) is 6.70. The number of aryl methyl sites for hydroxylation is 2. The molecule has 0 spiro atoms. The number of hydrogen-bond donors (Lipinski definition) is 1. The second kappa shape index (κ2) is 4.01. The third kappa shape index (κ3) is 1.67. The van der Waals surface area contributed by atoms with Crippen LogP contribution in [0.1, 0.15) is 24.1 Å². The fourth-order valence-electron chi connectivity index (χ4n) is 2.66. The van der Waals surface area contributed by atoms with E-state index < -0.39 is 0 Å². The van der Waals surface area contributed by atoms with Gasteiger partial charge in [-0.2, -0.15) is 0 Å². The Morgan fingerprint density at radius 1 is 1.44 bits per heavy atom. The average molecular weight is 218 g/mol. The van der Waals surface area contributed by atoms with Gasteiger partial charge in [0.05, 0.1) is 0 Å². The summed E-state index contributed by atoms with van der Waals surface area (Å²) in [5.41, 5.74) is 8.31. The molecule has 3 rings (SSSR count). The van der Waals surface area contributed by atoms with E-state index in [1.54, 1.807) is 0 Å². The molecule has 1 unspecified atom stereocenters. The third-order valence-corrected chi connectivity index (χ3v) is 3.70. The molecule has 1 aliphatic heterocycles. The number of anilines is 1. The molecule has 16 heavy (non-hydrogen) atoms. The summed E-state index contributed by atoms with van der Waals surface area (Å²) in [5.74, 6) is 1.54. The molecule has 2 N–H and O–H groups in total. The standard InChI is InChI=1S/C12H18N4/c13-6-9-4-5-16(8-9)12-14-7-10-2-1-3-11(10)15-12/h7,9H,1-6,8,13H2. The van der Waals surface area contributed by atoms with Crippen LogP contribution in [0.5, 0.6) is 0 Å². The average Bonchev–Trinajstić information content (AvgIpc) is 2.96. The number of nitrogens with zero attached hydrogens (tertiary/aromatic N) is 3. The minimum absolute atomic E-state index is 0.622. The van der Waals surface area contributed by atoms with Crippen LogP contribution in [0.4, 0.5) is 5.95 Å². The topological polar surface area (TPSA) is 55.0 Å². The minimum atomic E-state index is 0.622. The Kier molecular flexibility index (Phi) is 2.52. The van der Waals surface area contributed by atoms with E-state index in [-0.39, 0.29) is 0 Å². The van der Waals surface area contributed by atoms with E-state index in [1.165, 1.54) is 24.1 Å². The fourth-order valence-corrected chi connectivity index (χ4v) is 2.66. The van der Waals surface area contributed by atoms with Gasteiger partial charge in [-0.1, -0.05) is 0 Å². The number of hydrogen-bond acceptors (Lipinski definition) is 4. The zero-order chi connectivity index (χ0) is 11.0. The highest BCUT2D eigenvalue weighted by atomic mass is 15.3. The van der Waals surface area contributed by atoms with Crippen molar-refractivity contribution < 1.29 is 0 Å². The zero-order valence-corrected chi connectivity index (χ0v) is 9.52. The summed E-state index contributed by atoms with van der Waals surface area (Å²) in [6.45, 7) is 2.86. The summed E-state index contributed by atoms with van der Waals surface area (Å²) >= 11 is 0. The van der Waals surface area contributed by atoms with Crippen LogP contribution in [0.25, 0.3) is 0 Å². The first-order valence-electron chi connectivity index (χ1n) is 6.16. The normalized spacial score (nSPS) is 23.8. The molecule has 1 aromatic heterocycles. The van der Waals surface area contributed by atoms with Crippen molar-refractivity contribution in [2.45, 2.75) is 25.7 Å². The van der Waals surface area contributed by atoms with Gasteiger partial charge < -0.3 is 10.6 Å². The lowest BCUT2D eigenvalue weighted by atomic mass is 10.1. The Morgan fingerprint density at radius 2 is 2.38 bits per heavy atom. The van der Waals surface area contributed by atoms with Gasteiger partial charge in [-0.3, -0.25) is 0 Å². The lowest BCUT2D eigenvalue weighted by molar-refractivity contribution is 0.601. The van der Waals surface area contributed by atoms with Crippen molar-refractivity contribution in [2.75, 3.05) is 24.5 Å². The van der Waals surface area contributed by atoms with Gasteiger partial charge in [0.1, 0.15) is 0 Å². The van der Waals surface area contributed by atoms with E-state index in [2.05, 4.69) is 14.9 Å². The van der Waals surface area contributed by atoms with Gasteiger partial charge in [-0.25, -0.2) is 9.97 Å². The van der Waals surface area contributed by atoms with Gasteiger partial charge >= 0.3 is 0 Å². The van der Waals surface area contributed by atoms with E-state index in [4.69, 9.17) is 5.73 Å². The summed E-state index contributed by atoms with van der Waals surface area (Å²) in [5, 5.41) is 0. The molecule has 1 atom stereocenters. The Labute approximate surface area is 95.9 Å². The SMILES string of the molecule is NCC1CCN(c2ncc3c(n2)CCC3)C1. The molecule has 86 valence electrons. The Bertz CT molecular complexity index is 391. The zero-order valence-electron chi connectivity index (χ0n) is 9.52. The highest BCUT2D eigenvalue weighted by Gasteiger charge is 2.24. The number of nitrogens with two attached hydrogens (primary N) is 1. The van der Waals surface area contributed by atoms with Gasteiger partial charge in [-0.05, 0) is 43.7 Å². The van der Waals surface area contributed by atoms with E-state index >= 15 is 0 Å². The summed E-state index contributed by atoms with van der Waals surface area (Å²) in [4.78, 5) is 11.4. The third-order valence-electron chi connectivity index (χ3n) is 3.70. The van der Waals surface area contributed by atoms with Gasteiger partial charge in [0.15, 0.2) is 0 Å². The van der Waals surface area contributed by atoms with Crippen molar-refractivity contribution in [3.05, 3.63) is 17.5 Å². The highest BCUT2D eigenvalue weighted by Crippen LogP contribution is 2.24. The number of fused-ring (bicyclic) bond motifs is 1. The molecule has 4 nitrogen and oxygen atoms in total. The lowest BCUT2D eigenvalue weighted by Crippen LogP contribution is -2.24. The van der Waals surface area contributed by atoms with Crippen LogP contribution in [0, 0.1) is 5.92 Å². The van der Waals surface area contributed by atoms with Crippen molar-refractivity contribution in [1.82, 2.24) is 9.97 Å². The molecule has 2 heterocycles. The predicted molar refractivity (Wildman–Crippen MR) is 63.4 cm³/mol. The van der Waals surface area contributed by atoms with Crippen molar-refractivity contribution >= 4 is 5.95 Å². The molecule has 0 amide bonds. The molecule has 4 heteroatoms. The Balaban J connectivity index is 1.80. The molecule has 1 aliphatic carbocycles. The molecule has 0 saturated carbocycles. The fraction of sp³-hybridized carbons (Fsp3) is 0.667. The highest BCUT2D eigenvalue weighted by molar-refractivity contribution is 5.36. The van der Waals surface area contributed by atoms with Crippen LogP contribution in [-0.2, 0) is 12.8 Å². The van der Waals surface area contributed by atoms with Crippen molar-refractivity contribution in [2.24, 2.45) is 11.7 Å². The van der Waals surface area contributed by atoms with E-state index in [0.717, 1.165) is 38.4 Å². The second-order valence-corrected chi connectivity index (χ2v) is 4.83. The summed E-state index contributed by atoms with van der Waals surface area (Å²) in [6, 6.07) is 0. The molecule has 1 aromatic rings. The molecule has 0 aromatic carbocycles. The van der Waals surface area contributed by atoms with E-state index in [9.17, 15) is 0 Å². The van der Waals surface area contributed by atoms with E-state index in [0.29, 0.717) is 5.92 Å². The maximum Gasteiger partial charge on any atom is 0.225 e. The first-order chi connectivity index (χ1) is 7.86. The first-order valence-corrected chi connectivity index (χ1v) is 6.16. The van der Waals surface area contributed by atoms with Crippen LogP contribution in [0.2, 0.25) is 0 Å². The van der Waals surface area contributed by atoms with E-state index in [1.807, 2.05) is 6.20 Å². The minimum Gasteiger partial charge on any atom is -0.340 e. The Morgan fingerprint density at radius 3 is 3.19 bits per heavy atom. The van der Waals surface area contributed by atoms with Crippen molar-refractivity contribution in [3.8, 4) is 0 Å². The molecule has 1 fully saturated rings.